The molecule has 22 heavy (non-hydrogen) atoms. The fourth-order valence-corrected chi connectivity index (χ4v) is 2.51. The van der Waals surface area contributed by atoms with Crippen molar-refractivity contribution in [1.82, 2.24) is 15.5 Å². The van der Waals surface area contributed by atoms with Crippen LogP contribution >= 0.6 is 12.4 Å². The Hall–Kier alpha value is -1.30. The van der Waals surface area contributed by atoms with Crippen LogP contribution in [-0.2, 0) is 4.79 Å². The maximum Gasteiger partial charge on any atom is 0.234 e. The highest BCUT2D eigenvalue weighted by Gasteiger charge is 2.19. The van der Waals surface area contributed by atoms with Crippen molar-refractivity contribution in [2.45, 2.75) is 18.9 Å². The van der Waals surface area contributed by atoms with E-state index in [0.29, 0.717) is 25.7 Å². The van der Waals surface area contributed by atoms with Crippen molar-refractivity contribution >= 4 is 18.3 Å². The molecule has 1 fully saturated rings. The summed E-state index contributed by atoms with van der Waals surface area (Å²) in [6.45, 7) is 3.50. The minimum atomic E-state index is 0. The number of hydrogen-bond donors (Lipinski definition) is 2. The highest BCUT2D eigenvalue weighted by molar-refractivity contribution is 5.85. The molecule has 1 saturated heterocycles. The van der Waals surface area contributed by atoms with Gasteiger partial charge >= 0.3 is 0 Å². The van der Waals surface area contributed by atoms with Crippen molar-refractivity contribution in [3.8, 4) is 5.75 Å². The van der Waals surface area contributed by atoms with Crippen LogP contribution in [0.3, 0.4) is 0 Å². The maximum absolute atomic E-state index is 11.8. The minimum absolute atomic E-state index is 0. The maximum atomic E-state index is 11.8. The van der Waals surface area contributed by atoms with Gasteiger partial charge in [-0.1, -0.05) is 18.2 Å². The van der Waals surface area contributed by atoms with Crippen molar-refractivity contribution in [2.75, 3.05) is 39.8 Å². The average molecular weight is 328 g/mol. The first-order valence-corrected chi connectivity index (χ1v) is 7.62. The molecule has 0 bridgehead atoms. The monoisotopic (exact) mass is 327 g/mol. The van der Waals surface area contributed by atoms with Gasteiger partial charge in [-0.25, -0.2) is 0 Å². The van der Waals surface area contributed by atoms with Crippen LogP contribution in [0.2, 0.25) is 0 Å². The molecule has 0 saturated carbocycles. The van der Waals surface area contributed by atoms with Crippen LogP contribution in [0.15, 0.2) is 30.3 Å². The number of carbonyl (C=O) groups is 1. The number of amides is 1. The fraction of sp³-hybridized carbons (Fsp3) is 0.562. The van der Waals surface area contributed by atoms with E-state index in [4.69, 9.17) is 4.74 Å². The highest BCUT2D eigenvalue weighted by Crippen LogP contribution is 2.09. The average Bonchev–Trinajstić information content (AvgIpc) is 2.53. The Balaban J connectivity index is 0.00000242. The highest BCUT2D eigenvalue weighted by atomic mass is 35.5. The van der Waals surface area contributed by atoms with E-state index in [-0.39, 0.29) is 18.3 Å². The summed E-state index contributed by atoms with van der Waals surface area (Å²) >= 11 is 0. The molecule has 1 aliphatic rings. The van der Waals surface area contributed by atoms with Crippen LogP contribution in [0.4, 0.5) is 0 Å². The molecule has 1 heterocycles. The third kappa shape index (κ3) is 6.64. The van der Waals surface area contributed by atoms with Crippen molar-refractivity contribution in [3.63, 3.8) is 0 Å². The third-order valence-electron chi connectivity index (χ3n) is 3.80. The van der Waals surface area contributed by atoms with E-state index in [9.17, 15) is 4.79 Å². The van der Waals surface area contributed by atoms with Crippen molar-refractivity contribution in [1.29, 1.82) is 0 Å². The van der Waals surface area contributed by atoms with Crippen molar-refractivity contribution < 1.29 is 9.53 Å². The van der Waals surface area contributed by atoms with E-state index in [1.54, 1.807) is 0 Å². The second-order valence-corrected chi connectivity index (χ2v) is 5.35. The Labute approximate surface area is 138 Å². The first-order chi connectivity index (χ1) is 10.3. The van der Waals surface area contributed by atoms with Gasteiger partial charge in [0.1, 0.15) is 12.4 Å². The SMILES string of the molecule is CNC1CCN(CC(=O)NCCOc2ccccc2)CC1.Cl. The van der Waals surface area contributed by atoms with Gasteiger partial charge in [0.2, 0.25) is 5.91 Å². The third-order valence-corrected chi connectivity index (χ3v) is 3.80. The van der Waals surface area contributed by atoms with E-state index in [0.717, 1.165) is 31.7 Å². The largest absolute Gasteiger partial charge is 0.492 e. The van der Waals surface area contributed by atoms with E-state index in [1.807, 2.05) is 37.4 Å². The number of carbonyl (C=O) groups excluding carboxylic acids is 1. The van der Waals surface area contributed by atoms with Gasteiger partial charge in [-0.05, 0) is 32.0 Å². The molecule has 5 nitrogen and oxygen atoms in total. The zero-order valence-corrected chi connectivity index (χ0v) is 13.9. The van der Waals surface area contributed by atoms with Gasteiger partial charge in [0.15, 0.2) is 0 Å². The Morgan fingerprint density at radius 1 is 1.27 bits per heavy atom. The van der Waals surface area contributed by atoms with E-state index in [2.05, 4.69) is 15.5 Å². The molecule has 0 atom stereocenters. The van der Waals surface area contributed by atoms with Crippen molar-refractivity contribution in [3.05, 3.63) is 30.3 Å². The lowest BCUT2D eigenvalue weighted by Gasteiger charge is -2.31. The van der Waals surface area contributed by atoms with Gasteiger partial charge < -0.3 is 15.4 Å². The summed E-state index contributed by atoms with van der Waals surface area (Å²) in [5.74, 6) is 0.912. The summed E-state index contributed by atoms with van der Waals surface area (Å²) in [5.41, 5.74) is 0. The Bertz CT molecular complexity index is 423. The Morgan fingerprint density at radius 3 is 2.59 bits per heavy atom. The quantitative estimate of drug-likeness (QED) is 0.741. The van der Waals surface area contributed by atoms with Crippen LogP contribution < -0.4 is 15.4 Å². The van der Waals surface area contributed by atoms with Gasteiger partial charge in [-0.15, -0.1) is 12.4 Å². The predicted octanol–water partition coefficient (Wildman–Crippen LogP) is 1.29. The molecule has 0 unspecified atom stereocenters. The smallest absolute Gasteiger partial charge is 0.234 e. The molecule has 2 N–H and O–H groups in total. The number of hydrogen-bond acceptors (Lipinski definition) is 4. The van der Waals surface area contributed by atoms with Gasteiger partial charge in [-0.2, -0.15) is 0 Å². The van der Waals surface area contributed by atoms with Crippen LogP contribution in [0.25, 0.3) is 0 Å². The first-order valence-electron chi connectivity index (χ1n) is 7.62. The molecule has 124 valence electrons. The molecule has 0 aliphatic carbocycles. The summed E-state index contributed by atoms with van der Waals surface area (Å²) in [7, 11) is 2.00. The number of nitrogens with one attached hydrogen (secondary N) is 2. The van der Waals surface area contributed by atoms with Crippen LogP contribution in [-0.4, -0.2) is 56.7 Å². The lowest BCUT2D eigenvalue weighted by molar-refractivity contribution is -0.122. The van der Waals surface area contributed by atoms with Gasteiger partial charge in [0, 0.05) is 19.1 Å². The van der Waals surface area contributed by atoms with Gasteiger partial charge in [0.05, 0.1) is 13.1 Å². The number of halogens is 1. The van der Waals surface area contributed by atoms with Crippen LogP contribution in [0.5, 0.6) is 5.75 Å². The normalized spacial score (nSPS) is 15.9. The second-order valence-electron chi connectivity index (χ2n) is 5.35. The summed E-state index contributed by atoms with van der Waals surface area (Å²) in [6.07, 6.45) is 2.22. The summed E-state index contributed by atoms with van der Waals surface area (Å²) in [6, 6.07) is 10.2. The first kappa shape index (κ1) is 18.7. The lowest BCUT2D eigenvalue weighted by Crippen LogP contribution is -2.45. The molecule has 6 heteroatoms. The number of likely N-dealkylation sites (tertiary alicyclic amines) is 1. The zero-order valence-electron chi connectivity index (χ0n) is 13.1. The van der Waals surface area contributed by atoms with E-state index < -0.39 is 0 Å². The number of benzene rings is 1. The number of rotatable bonds is 7. The number of ether oxygens (including phenoxy) is 1. The zero-order chi connectivity index (χ0) is 14.9. The summed E-state index contributed by atoms with van der Waals surface area (Å²) in [5, 5.41) is 6.20. The predicted molar refractivity (Wildman–Crippen MR) is 90.7 cm³/mol. The minimum Gasteiger partial charge on any atom is -0.492 e. The fourth-order valence-electron chi connectivity index (χ4n) is 2.51. The second kappa shape index (κ2) is 10.4. The molecule has 1 amide bonds. The molecule has 2 rings (SSSR count). The molecule has 0 aromatic heterocycles. The van der Waals surface area contributed by atoms with E-state index >= 15 is 0 Å². The molecule has 1 aromatic rings. The topological polar surface area (TPSA) is 53.6 Å². The standard InChI is InChI=1S/C16H25N3O2.ClH/c1-17-14-7-10-19(11-8-14)13-16(20)18-9-12-21-15-5-3-2-4-6-15;/h2-6,14,17H,7-13H2,1H3,(H,18,20);1H. The summed E-state index contributed by atoms with van der Waals surface area (Å²) < 4.78 is 5.54. The molecule has 0 radical (unpaired) electrons. The molecular weight excluding hydrogens is 302 g/mol. The summed E-state index contributed by atoms with van der Waals surface area (Å²) in [4.78, 5) is 14.1. The molecule has 1 aliphatic heterocycles. The van der Waals surface area contributed by atoms with Gasteiger partial charge in [0.25, 0.3) is 0 Å². The van der Waals surface area contributed by atoms with Crippen LogP contribution in [0.1, 0.15) is 12.8 Å². The van der Waals surface area contributed by atoms with E-state index in [1.165, 1.54) is 0 Å². The van der Waals surface area contributed by atoms with Crippen LogP contribution in [0, 0.1) is 0 Å². The molecule has 0 spiro atoms. The lowest BCUT2D eigenvalue weighted by atomic mass is 10.1. The Morgan fingerprint density at radius 2 is 1.95 bits per heavy atom. The van der Waals surface area contributed by atoms with Gasteiger partial charge in [-0.3, -0.25) is 9.69 Å². The number of para-hydroxylation sites is 1. The van der Waals surface area contributed by atoms with Crippen molar-refractivity contribution in [2.24, 2.45) is 0 Å². The number of nitrogens with zero attached hydrogens (tertiary/aromatic N) is 1. The molecule has 1 aromatic carbocycles. The number of piperidine rings is 1. The molecular formula is C16H26ClN3O2. The Kier molecular flexibility index (Phi) is 8.89.